The van der Waals surface area contributed by atoms with E-state index in [9.17, 15) is 14.4 Å². The van der Waals surface area contributed by atoms with Crippen LogP contribution in [0.25, 0.3) is 0 Å². The van der Waals surface area contributed by atoms with Crippen molar-refractivity contribution in [2.75, 3.05) is 11.9 Å². The molecule has 2 unspecified atom stereocenters. The average molecular weight is 428 g/mol. The molecule has 0 aliphatic carbocycles. The molecule has 0 bridgehead atoms. The maximum absolute atomic E-state index is 12.5. The summed E-state index contributed by atoms with van der Waals surface area (Å²) in [6.07, 6.45) is 0.619. The number of benzene rings is 2. The number of carbonyl (C=O) groups excluding carboxylic acids is 3. The predicted octanol–water partition coefficient (Wildman–Crippen LogP) is 3.54. The van der Waals surface area contributed by atoms with E-state index >= 15 is 0 Å². The monoisotopic (exact) mass is 427 g/mol. The Morgan fingerprint density at radius 3 is 2.50 bits per heavy atom. The lowest BCUT2D eigenvalue weighted by molar-refractivity contribution is -0.150. The highest BCUT2D eigenvalue weighted by Gasteiger charge is 2.28. The molecule has 2 aromatic carbocycles. The molecule has 0 heterocycles. The number of anilines is 1. The van der Waals surface area contributed by atoms with Crippen molar-refractivity contribution >= 4 is 35.1 Å². The van der Waals surface area contributed by atoms with Crippen molar-refractivity contribution in [2.24, 2.45) is 5.92 Å². The number of esters is 1. The topological polar surface area (TPSA) is 108 Å². The second-order valence-electron chi connectivity index (χ2n) is 6.69. The normalized spacial score (nSPS) is 12.2. The lowest BCUT2D eigenvalue weighted by Crippen LogP contribution is -2.46. The summed E-state index contributed by atoms with van der Waals surface area (Å²) in [6, 6.07) is 13.7. The maximum Gasteiger partial charge on any atom is 0.329 e. The Kier molecular flexibility index (Phi) is 8.39. The van der Waals surface area contributed by atoms with E-state index in [0.29, 0.717) is 28.3 Å². The van der Waals surface area contributed by atoms with Gasteiger partial charge in [0.2, 0.25) is 0 Å². The number of halogens is 1. The number of ether oxygens (including phenoxy) is 1. The summed E-state index contributed by atoms with van der Waals surface area (Å²) in [7, 11) is 0. The number of nitrogens with zero attached hydrogens (tertiary/aromatic N) is 1. The van der Waals surface area contributed by atoms with E-state index in [1.54, 1.807) is 42.5 Å². The third kappa shape index (κ3) is 6.61. The number of rotatable bonds is 8. The predicted molar refractivity (Wildman–Crippen MR) is 113 cm³/mol. The fourth-order valence-corrected chi connectivity index (χ4v) is 2.71. The standard InChI is InChI=1S/C22H22ClN3O4/c1-3-14(2)20(26-21(28)16-7-9-17(23)10-8-16)22(29)30-13-19(27)25-18-6-4-5-15(11-18)12-24/h4-11,14,20H,3,13H2,1-2H3,(H,25,27)(H,26,28). The number of hydrogen-bond donors (Lipinski definition) is 2. The smallest absolute Gasteiger partial charge is 0.329 e. The van der Waals surface area contributed by atoms with Crippen LogP contribution in [0.5, 0.6) is 0 Å². The summed E-state index contributed by atoms with van der Waals surface area (Å²) in [5.41, 5.74) is 1.17. The lowest BCUT2D eigenvalue weighted by atomic mass is 9.99. The van der Waals surface area contributed by atoms with Gasteiger partial charge in [0.05, 0.1) is 11.6 Å². The van der Waals surface area contributed by atoms with Crippen molar-refractivity contribution in [3.8, 4) is 6.07 Å². The van der Waals surface area contributed by atoms with E-state index < -0.39 is 30.4 Å². The van der Waals surface area contributed by atoms with Gasteiger partial charge in [0, 0.05) is 16.3 Å². The zero-order valence-electron chi connectivity index (χ0n) is 16.6. The van der Waals surface area contributed by atoms with E-state index in [0.717, 1.165) is 0 Å². The first-order valence-electron chi connectivity index (χ1n) is 9.37. The Balaban J connectivity index is 1.97. The van der Waals surface area contributed by atoms with Gasteiger partial charge in [-0.25, -0.2) is 4.79 Å². The van der Waals surface area contributed by atoms with Crippen molar-refractivity contribution in [1.82, 2.24) is 5.32 Å². The van der Waals surface area contributed by atoms with Crippen LogP contribution >= 0.6 is 11.6 Å². The molecule has 0 aliphatic rings. The number of nitrogens with one attached hydrogen (secondary N) is 2. The molecule has 0 fully saturated rings. The van der Waals surface area contributed by atoms with Gasteiger partial charge >= 0.3 is 5.97 Å². The van der Waals surface area contributed by atoms with Crippen LogP contribution in [0, 0.1) is 17.2 Å². The van der Waals surface area contributed by atoms with Crippen molar-refractivity contribution in [3.63, 3.8) is 0 Å². The Hall–Kier alpha value is -3.37. The van der Waals surface area contributed by atoms with Crippen LogP contribution in [0.4, 0.5) is 5.69 Å². The quantitative estimate of drug-likeness (QED) is 0.626. The van der Waals surface area contributed by atoms with Crippen LogP contribution in [0.3, 0.4) is 0 Å². The molecule has 7 nitrogen and oxygen atoms in total. The van der Waals surface area contributed by atoms with Crippen molar-refractivity contribution in [1.29, 1.82) is 5.26 Å². The van der Waals surface area contributed by atoms with Crippen LogP contribution in [-0.2, 0) is 14.3 Å². The highest BCUT2D eigenvalue weighted by molar-refractivity contribution is 6.30. The molecule has 0 spiro atoms. The minimum absolute atomic E-state index is 0.205. The molecule has 156 valence electrons. The first-order valence-corrected chi connectivity index (χ1v) is 9.75. The van der Waals surface area contributed by atoms with Gasteiger partial charge in [-0.05, 0) is 48.4 Å². The molecule has 0 saturated carbocycles. The number of hydrogen-bond acceptors (Lipinski definition) is 5. The van der Waals surface area contributed by atoms with E-state index in [1.807, 2.05) is 19.9 Å². The Morgan fingerprint density at radius 2 is 1.87 bits per heavy atom. The molecular formula is C22H22ClN3O4. The molecule has 30 heavy (non-hydrogen) atoms. The van der Waals surface area contributed by atoms with Gasteiger partial charge in [0.25, 0.3) is 11.8 Å². The van der Waals surface area contributed by atoms with E-state index in [-0.39, 0.29) is 5.92 Å². The first-order chi connectivity index (χ1) is 14.3. The van der Waals surface area contributed by atoms with Gasteiger partial charge in [-0.2, -0.15) is 5.26 Å². The first kappa shape index (κ1) is 22.9. The van der Waals surface area contributed by atoms with Crippen molar-refractivity contribution in [2.45, 2.75) is 26.3 Å². The summed E-state index contributed by atoms with van der Waals surface area (Å²) >= 11 is 5.83. The molecule has 0 radical (unpaired) electrons. The molecule has 2 aromatic rings. The zero-order valence-corrected chi connectivity index (χ0v) is 17.4. The Morgan fingerprint density at radius 1 is 1.17 bits per heavy atom. The lowest BCUT2D eigenvalue weighted by Gasteiger charge is -2.22. The summed E-state index contributed by atoms with van der Waals surface area (Å²) < 4.78 is 5.12. The van der Waals surface area contributed by atoms with Crippen LogP contribution in [0.15, 0.2) is 48.5 Å². The van der Waals surface area contributed by atoms with Gasteiger partial charge in [0.15, 0.2) is 6.61 Å². The van der Waals surface area contributed by atoms with Gasteiger partial charge < -0.3 is 15.4 Å². The fourth-order valence-electron chi connectivity index (χ4n) is 2.59. The SMILES string of the molecule is CCC(C)C(NC(=O)c1ccc(Cl)cc1)C(=O)OCC(=O)Nc1cccc(C#N)c1. The van der Waals surface area contributed by atoms with Crippen LogP contribution in [0.2, 0.25) is 5.02 Å². The van der Waals surface area contributed by atoms with Crippen molar-refractivity contribution in [3.05, 3.63) is 64.7 Å². The third-order valence-corrected chi connectivity index (χ3v) is 4.73. The van der Waals surface area contributed by atoms with Crippen LogP contribution in [-0.4, -0.2) is 30.4 Å². The number of carbonyl (C=O) groups is 3. The summed E-state index contributed by atoms with van der Waals surface area (Å²) in [6.45, 7) is 3.18. The van der Waals surface area contributed by atoms with Gasteiger partial charge in [-0.15, -0.1) is 0 Å². The molecular weight excluding hydrogens is 406 g/mol. The van der Waals surface area contributed by atoms with Gasteiger partial charge in [0.1, 0.15) is 6.04 Å². The highest BCUT2D eigenvalue weighted by atomic mass is 35.5. The second-order valence-corrected chi connectivity index (χ2v) is 7.13. The maximum atomic E-state index is 12.5. The molecule has 8 heteroatoms. The summed E-state index contributed by atoms with van der Waals surface area (Å²) in [4.78, 5) is 37.1. The minimum Gasteiger partial charge on any atom is -0.454 e. The van der Waals surface area contributed by atoms with Gasteiger partial charge in [-0.1, -0.05) is 37.9 Å². The zero-order chi connectivity index (χ0) is 22.1. The van der Waals surface area contributed by atoms with E-state index in [4.69, 9.17) is 21.6 Å². The average Bonchev–Trinajstić information content (AvgIpc) is 2.75. The van der Waals surface area contributed by atoms with Crippen molar-refractivity contribution < 1.29 is 19.1 Å². The molecule has 2 N–H and O–H groups in total. The number of nitriles is 1. The van der Waals surface area contributed by atoms with E-state index in [2.05, 4.69) is 10.6 Å². The molecule has 0 aromatic heterocycles. The summed E-state index contributed by atoms with van der Waals surface area (Å²) in [5, 5.41) is 14.6. The van der Waals surface area contributed by atoms with E-state index in [1.165, 1.54) is 6.07 Å². The molecule has 0 aliphatic heterocycles. The molecule has 2 atom stereocenters. The highest BCUT2D eigenvalue weighted by Crippen LogP contribution is 2.14. The van der Waals surface area contributed by atoms with Crippen LogP contribution in [0.1, 0.15) is 36.2 Å². The largest absolute Gasteiger partial charge is 0.454 e. The number of amides is 2. The minimum atomic E-state index is -0.909. The Bertz CT molecular complexity index is 954. The molecule has 2 rings (SSSR count). The second kappa shape index (κ2) is 11.0. The molecule has 2 amide bonds. The third-order valence-electron chi connectivity index (χ3n) is 4.48. The van der Waals surface area contributed by atoms with Crippen LogP contribution < -0.4 is 10.6 Å². The summed E-state index contributed by atoms with van der Waals surface area (Å²) in [5.74, 6) is -1.89. The Labute approximate surface area is 180 Å². The molecule has 0 saturated heterocycles. The fraction of sp³-hybridized carbons (Fsp3) is 0.273. The van der Waals surface area contributed by atoms with Gasteiger partial charge in [-0.3, -0.25) is 9.59 Å².